The molecule has 0 aliphatic heterocycles. The van der Waals surface area contributed by atoms with Gasteiger partial charge in [0.1, 0.15) is 6.54 Å². The van der Waals surface area contributed by atoms with Crippen molar-refractivity contribution in [3.63, 3.8) is 0 Å². The van der Waals surface area contributed by atoms with Crippen LogP contribution in [0, 0.1) is 17.2 Å². The summed E-state index contributed by atoms with van der Waals surface area (Å²) in [6, 6.07) is 6.23. The highest BCUT2D eigenvalue weighted by atomic mass is 35.5. The van der Waals surface area contributed by atoms with Gasteiger partial charge in [-0.2, -0.15) is 5.26 Å². The van der Waals surface area contributed by atoms with Gasteiger partial charge in [0.2, 0.25) is 0 Å². The normalized spacial score (nSPS) is 11.4. The first-order chi connectivity index (χ1) is 9.36. The maximum atomic E-state index is 11.0. The van der Waals surface area contributed by atoms with Crippen LogP contribution in [0.5, 0.6) is 0 Å². The van der Waals surface area contributed by atoms with Crippen LogP contribution in [-0.4, -0.2) is 35.2 Å². The van der Waals surface area contributed by atoms with Crippen molar-refractivity contribution in [1.82, 2.24) is 0 Å². The molecule has 1 rings (SSSR count). The maximum Gasteiger partial charge on any atom is 0.337 e. The van der Waals surface area contributed by atoms with Crippen LogP contribution >= 0.6 is 11.6 Å². The van der Waals surface area contributed by atoms with E-state index < -0.39 is 17.9 Å². The molecule has 0 saturated carbocycles. The highest BCUT2D eigenvalue weighted by molar-refractivity contribution is 6.33. The molecule has 1 aromatic carbocycles. The number of hydrogen-bond donors (Lipinski definition) is 2. The molecular weight excluding hydrogens is 284 g/mol. The monoisotopic (exact) mass is 296 g/mol. The van der Waals surface area contributed by atoms with Crippen molar-refractivity contribution >= 4 is 29.2 Å². The largest absolute Gasteiger partial charge is 0.481 e. The standard InChI is InChI=1S/C13H13ClN2O4/c1-8(12(17)18)7-16(5-4-15)9-2-3-11(14)10(6-9)13(19)20/h2-3,6,8H,5,7H2,1H3,(H,17,18)(H,19,20). The molecule has 20 heavy (non-hydrogen) atoms. The van der Waals surface area contributed by atoms with Gasteiger partial charge >= 0.3 is 11.9 Å². The van der Waals surface area contributed by atoms with Crippen LogP contribution in [-0.2, 0) is 4.79 Å². The lowest BCUT2D eigenvalue weighted by Gasteiger charge is -2.24. The summed E-state index contributed by atoms with van der Waals surface area (Å²) in [5.74, 6) is -2.85. The summed E-state index contributed by atoms with van der Waals surface area (Å²) in [5, 5.41) is 26.8. The number of aromatic carboxylic acids is 1. The Kier molecular flexibility index (Phi) is 5.35. The maximum absolute atomic E-state index is 11.0. The van der Waals surface area contributed by atoms with Crippen molar-refractivity contribution in [2.45, 2.75) is 6.92 Å². The number of carboxylic acid groups (broad SMARTS) is 2. The minimum Gasteiger partial charge on any atom is -0.481 e. The van der Waals surface area contributed by atoms with Gasteiger partial charge in [0.25, 0.3) is 0 Å². The summed E-state index contributed by atoms with van der Waals surface area (Å²) < 4.78 is 0. The average molecular weight is 297 g/mol. The summed E-state index contributed by atoms with van der Waals surface area (Å²) in [7, 11) is 0. The molecule has 0 saturated heterocycles. The van der Waals surface area contributed by atoms with Gasteiger partial charge in [-0.05, 0) is 18.2 Å². The summed E-state index contributed by atoms with van der Waals surface area (Å²) in [6.45, 7) is 1.57. The first-order valence-corrected chi connectivity index (χ1v) is 6.12. The topological polar surface area (TPSA) is 102 Å². The van der Waals surface area contributed by atoms with Gasteiger partial charge in [0.05, 0.1) is 22.6 Å². The van der Waals surface area contributed by atoms with Gasteiger partial charge < -0.3 is 15.1 Å². The number of carboxylic acids is 2. The molecule has 0 fully saturated rings. The molecular formula is C13H13ClN2O4. The van der Waals surface area contributed by atoms with E-state index in [1.165, 1.54) is 24.0 Å². The zero-order valence-electron chi connectivity index (χ0n) is 10.7. The SMILES string of the molecule is CC(CN(CC#N)c1ccc(Cl)c(C(=O)O)c1)C(=O)O. The Labute approximate surface area is 120 Å². The lowest BCUT2D eigenvalue weighted by atomic mass is 10.1. The molecule has 6 nitrogen and oxygen atoms in total. The Morgan fingerprint density at radius 3 is 2.60 bits per heavy atom. The van der Waals surface area contributed by atoms with E-state index in [1.54, 1.807) is 6.07 Å². The second kappa shape index (κ2) is 6.78. The van der Waals surface area contributed by atoms with Crippen LogP contribution in [0.25, 0.3) is 0 Å². The summed E-state index contributed by atoms with van der Waals surface area (Å²) in [4.78, 5) is 23.4. The molecule has 0 aliphatic rings. The smallest absolute Gasteiger partial charge is 0.337 e. The number of anilines is 1. The number of nitriles is 1. The van der Waals surface area contributed by atoms with E-state index in [0.29, 0.717) is 5.69 Å². The van der Waals surface area contributed by atoms with Gasteiger partial charge in [-0.1, -0.05) is 18.5 Å². The Balaban J connectivity index is 3.09. The molecule has 0 heterocycles. The predicted molar refractivity (Wildman–Crippen MR) is 73.0 cm³/mol. The molecule has 0 spiro atoms. The zero-order valence-corrected chi connectivity index (χ0v) is 11.5. The van der Waals surface area contributed by atoms with E-state index in [9.17, 15) is 9.59 Å². The average Bonchev–Trinajstić information content (AvgIpc) is 2.38. The number of nitrogens with zero attached hydrogens (tertiary/aromatic N) is 2. The van der Waals surface area contributed by atoms with Crippen LogP contribution in [0.15, 0.2) is 18.2 Å². The molecule has 0 aromatic heterocycles. The van der Waals surface area contributed by atoms with Gasteiger partial charge in [-0.15, -0.1) is 0 Å². The molecule has 106 valence electrons. The predicted octanol–water partition coefficient (Wildman–Crippen LogP) is 2.09. The molecule has 0 amide bonds. The quantitative estimate of drug-likeness (QED) is 0.779. The number of halogens is 1. The Morgan fingerprint density at radius 1 is 1.45 bits per heavy atom. The molecule has 1 atom stereocenters. The van der Waals surface area contributed by atoms with Crippen LogP contribution in [0.2, 0.25) is 5.02 Å². The van der Waals surface area contributed by atoms with Gasteiger partial charge in [0, 0.05) is 12.2 Å². The van der Waals surface area contributed by atoms with Crippen molar-refractivity contribution in [3.8, 4) is 6.07 Å². The lowest BCUT2D eigenvalue weighted by Crippen LogP contribution is -2.32. The molecule has 1 unspecified atom stereocenters. The molecule has 0 aliphatic carbocycles. The van der Waals surface area contributed by atoms with Crippen LogP contribution in [0.4, 0.5) is 5.69 Å². The Hall–Kier alpha value is -2.26. The molecule has 0 radical (unpaired) electrons. The van der Waals surface area contributed by atoms with Crippen LogP contribution in [0.3, 0.4) is 0 Å². The fraction of sp³-hybridized carbons (Fsp3) is 0.308. The highest BCUT2D eigenvalue weighted by Gasteiger charge is 2.18. The second-order valence-corrected chi connectivity index (χ2v) is 4.65. The van der Waals surface area contributed by atoms with Gasteiger partial charge in [-0.25, -0.2) is 4.79 Å². The van der Waals surface area contributed by atoms with E-state index in [0.717, 1.165) is 0 Å². The Morgan fingerprint density at radius 2 is 2.10 bits per heavy atom. The van der Waals surface area contributed by atoms with Crippen LogP contribution < -0.4 is 4.90 Å². The molecule has 1 aromatic rings. The number of benzene rings is 1. The fourth-order valence-corrected chi connectivity index (χ4v) is 1.83. The molecule has 0 bridgehead atoms. The van der Waals surface area contributed by atoms with E-state index in [-0.39, 0.29) is 23.7 Å². The zero-order chi connectivity index (χ0) is 15.3. The lowest BCUT2D eigenvalue weighted by molar-refractivity contribution is -0.140. The van der Waals surface area contributed by atoms with E-state index in [4.69, 9.17) is 27.1 Å². The van der Waals surface area contributed by atoms with Crippen molar-refractivity contribution in [1.29, 1.82) is 5.26 Å². The number of aliphatic carboxylic acids is 1. The summed E-state index contributed by atoms with van der Waals surface area (Å²) in [5.41, 5.74) is 0.358. The van der Waals surface area contributed by atoms with Gasteiger partial charge in [-0.3, -0.25) is 4.79 Å². The minimum atomic E-state index is -1.18. The van der Waals surface area contributed by atoms with E-state index in [2.05, 4.69) is 0 Å². The van der Waals surface area contributed by atoms with E-state index in [1.807, 2.05) is 6.07 Å². The Bertz CT molecular complexity index is 568. The minimum absolute atomic E-state index is 0.0433. The van der Waals surface area contributed by atoms with Crippen molar-refractivity contribution < 1.29 is 19.8 Å². The summed E-state index contributed by atoms with van der Waals surface area (Å²) in [6.07, 6.45) is 0. The van der Waals surface area contributed by atoms with Crippen LogP contribution in [0.1, 0.15) is 17.3 Å². The first kappa shape index (κ1) is 15.8. The highest BCUT2D eigenvalue weighted by Crippen LogP contribution is 2.24. The fourth-order valence-electron chi connectivity index (χ4n) is 1.63. The summed E-state index contributed by atoms with van der Waals surface area (Å²) >= 11 is 5.77. The van der Waals surface area contributed by atoms with E-state index >= 15 is 0 Å². The molecule has 7 heteroatoms. The van der Waals surface area contributed by atoms with Crippen molar-refractivity contribution in [3.05, 3.63) is 28.8 Å². The van der Waals surface area contributed by atoms with Crippen molar-refractivity contribution in [2.75, 3.05) is 18.0 Å². The third kappa shape index (κ3) is 3.87. The van der Waals surface area contributed by atoms with Crippen molar-refractivity contribution in [2.24, 2.45) is 5.92 Å². The third-order valence-corrected chi connectivity index (χ3v) is 3.05. The van der Waals surface area contributed by atoms with Gasteiger partial charge in [0.15, 0.2) is 0 Å². The number of carbonyl (C=O) groups is 2. The first-order valence-electron chi connectivity index (χ1n) is 5.74. The molecule has 2 N–H and O–H groups in total. The number of rotatable bonds is 6. The number of hydrogen-bond acceptors (Lipinski definition) is 4. The third-order valence-electron chi connectivity index (χ3n) is 2.72. The second-order valence-electron chi connectivity index (χ2n) is 4.25.